The Kier molecular flexibility index (Phi) is 5.72. The van der Waals surface area contributed by atoms with Gasteiger partial charge in [-0.1, -0.05) is 15.9 Å². The fraction of sp³-hybridized carbons (Fsp3) is 0.375. The van der Waals surface area contributed by atoms with Crippen molar-refractivity contribution in [2.75, 3.05) is 32.8 Å². The summed E-state index contributed by atoms with van der Waals surface area (Å²) in [5.41, 5.74) is 0. The number of halogens is 1. The largest absolute Gasteiger partial charge is 0.463 e. The Bertz CT molecular complexity index is 741. The summed E-state index contributed by atoms with van der Waals surface area (Å²) in [6.07, 6.45) is 1.62. The van der Waals surface area contributed by atoms with Gasteiger partial charge >= 0.3 is 0 Å². The van der Waals surface area contributed by atoms with Gasteiger partial charge in [-0.3, -0.25) is 0 Å². The van der Waals surface area contributed by atoms with E-state index in [-0.39, 0.29) is 17.5 Å². The molecule has 0 saturated carbocycles. The number of morpholine rings is 1. The van der Waals surface area contributed by atoms with Crippen molar-refractivity contribution >= 4 is 26.0 Å². The molecule has 0 radical (unpaired) electrons. The fourth-order valence-corrected chi connectivity index (χ4v) is 4.12. The maximum atomic E-state index is 12.5. The molecule has 1 aromatic carbocycles. The summed E-state index contributed by atoms with van der Waals surface area (Å²) >= 11 is 3.31. The van der Waals surface area contributed by atoms with Crippen LogP contribution in [0.2, 0.25) is 0 Å². The minimum Gasteiger partial charge on any atom is -0.463 e. The van der Waals surface area contributed by atoms with Gasteiger partial charge in [-0.2, -0.15) is 0 Å². The van der Waals surface area contributed by atoms with Crippen LogP contribution in [0, 0.1) is 0 Å². The van der Waals surface area contributed by atoms with Gasteiger partial charge in [0.1, 0.15) is 13.1 Å². The van der Waals surface area contributed by atoms with Crippen molar-refractivity contribution < 1.29 is 22.5 Å². The smallest absolute Gasteiger partial charge is 0.240 e. The number of hydrogen-bond acceptors (Lipinski definition) is 4. The number of ether oxygens (including phenoxy) is 1. The Labute approximate surface area is 150 Å². The molecule has 0 bridgehead atoms. The molecular formula is C16H20BrN2O4S+. The lowest BCUT2D eigenvalue weighted by molar-refractivity contribution is -0.938. The zero-order chi connectivity index (χ0) is 17.0. The third-order valence-corrected chi connectivity index (χ3v) is 6.08. The Balaban J connectivity index is 1.74. The third-order valence-electron chi connectivity index (χ3n) is 4.12. The highest BCUT2D eigenvalue weighted by Gasteiger charge is 2.30. The molecule has 6 nitrogen and oxygen atoms in total. The van der Waals surface area contributed by atoms with Gasteiger partial charge in [0.25, 0.3) is 0 Å². The lowest BCUT2D eigenvalue weighted by Crippen LogP contribution is -3.15. The van der Waals surface area contributed by atoms with E-state index >= 15 is 0 Å². The molecule has 2 aromatic rings. The van der Waals surface area contributed by atoms with Crippen molar-refractivity contribution in [3.05, 3.63) is 52.9 Å². The molecule has 1 aromatic heterocycles. The van der Waals surface area contributed by atoms with Crippen LogP contribution < -0.4 is 9.62 Å². The van der Waals surface area contributed by atoms with E-state index in [1.807, 2.05) is 12.1 Å². The molecule has 1 aliphatic rings. The van der Waals surface area contributed by atoms with Gasteiger partial charge in [0.05, 0.1) is 30.9 Å². The molecule has 3 rings (SSSR count). The minimum atomic E-state index is -3.56. The predicted molar refractivity (Wildman–Crippen MR) is 92.3 cm³/mol. The van der Waals surface area contributed by atoms with Crippen molar-refractivity contribution in [2.24, 2.45) is 0 Å². The van der Waals surface area contributed by atoms with E-state index < -0.39 is 10.0 Å². The average molecular weight is 416 g/mol. The van der Waals surface area contributed by atoms with Crippen LogP contribution in [0.1, 0.15) is 11.8 Å². The highest BCUT2D eigenvalue weighted by molar-refractivity contribution is 9.10. The minimum absolute atomic E-state index is 0.0749. The zero-order valence-corrected chi connectivity index (χ0v) is 15.5. The summed E-state index contributed by atoms with van der Waals surface area (Å²) in [7, 11) is -3.56. The second kappa shape index (κ2) is 7.79. The second-order valence-electron chi connectivity index (χ2n) is 5.64. The van der Waals surface area contributed by atoms with Crippen molar-refractivity contribution in [1.82, 2.24) is 4.72 Å². The van der Waals surface area contributed by atoms with Gasteiger partial charge in [0.2, 0.25) is 10.0 Å². The standard InChI is InChI=1S/C16H19BrN2O4S/c17-13-3-5-14(6-4-13)24(20,21)18-12-15(16-2-1-9-23-16)19-7-10-22-11-8-19/h1-6,9,15,18H,7-8,10-12H2/p+1/t15-/m1/s1. The first kappa shape index (κ1) is 17.6. The van der Waals surface area contributed by atoms with Gasteiger partial charge < -0.3 is 14.1 Å². The summed E-state index contributed by atoms with van der Waals surface area (Å²) in [5.74, 6) is 0.783. The van der Waals surface area contributed by atoms with Crippen LogP contribution in [0.4, 0.5) is 0 Å². The molecule has 2 N–H and O–H groups in total. The maximum absolute atomic E-state index is 12.5. The number of furan rings is 1. The molecule has 24 heavy (non-hydrogen) atoms. The van der Waals surface area contributed by atoms with Gasteiger partial charge in [0.15, 0.2) is 11.8 Å². The molecule has 0 spiro atoms. The molecule has 0 aliphatic carbocycles. The number of quaternary nitrogens is 1. The fourth-order valence-electron chi connectivity index (χ4n) is 2.81. The summed E-state index contributed by atoms with van der Waals surface area (Å²) in [5, 5.41) is 0. The van der Waals surface area contributed by atoms with E-state index in [9.17, 15) is 8.42 Å². The lowest BCUT2D eigenvalue weighted by atomic mass is 10.2. The monoisotopic (exact) mass is 415 g/mol. The van der Waals surface area contributed by atoms with Crippen molar-refractivity contribution in [3.8, 4) is 0 Å². The van der Waals surface area contributed by atoms with Crippen molar-refractivity contribution in [2.45, 2.75) is 10.9 Å². The topological polar surface area (TPSA) is 73.0 Å². The summed E-state index contributed by atoms with van der Waals surface area (Å²) in [4.78, 5) is 1.51. The summed E-state index contributed by atoms with van der Waals surface area (Å²) in [6.45, 7) is 3.27. The van der Waals surface area contributed by atoms with Gasteiger partial charge in [-0.25, -0.2) is 13.1 Å². The van der Waals surface area contributed by atoms with Crippen LogP contribution >= 0.6 is 15.9 Å². The SMILES string of the molecule is O=S(=O)(NC[C@H](c1ccco1)[NH+]1CCOCC1)c1ccc(Br)cc1. The molecule has 1 saturated heterocycles. The molecule has 0 amide bonds. The number of sulfonamides is 1. The van der Waals surface area contributed by atoms with E-state index in [1.165, 1.54) is 4.90 Å². The van der Waals surface area contributed by atoms with Crippen LogP contribution in [0.25, 0.3) is 0 Å². The van der Waals surface area contributed by atoms with E-state index in [0.717, 1.165) is 23.3 Å². The van der Waals surface area contributed by atoms with Crippen LogP contribution in [0.3, 0.4) is 0 Å². The first-order valence-electron chi connectivity index (χ1n) is 7.77. The van der Waals surface area contributed by atoms with E-state index in [1.54, 1.807) is 30.5 Å². The van der Waals surface area contributed by atoms with Gasteiger partial charge in [-0.15, -0.1) is 0 Å². The van der Waals surface area contributed by atoms with Crippen LogP contribution in [-0.4, -0.2) is 41.3 Å². The molecule has 1 fully saturated rings. The zero-order valence-electron chi connectivity index (χ0n) is 13.1. The Hall–Kier alpha value is -1.19. The van der Waals surface area contributed by atoms with E-state index in [4.69, 9.17) is 9.15 Å². The predicted octanol–water partition coefficient (Wildman–Crippen LogP) is 0.977. The summed E-state index contributed by atoms with van der Waals surface area (Å²) < 4.78 is 39.5. The van der Waals surface area contributed by atoms with Crippen LogP contribution in [0.5, 0.6) is 0 Å². The normalized spacial score (nSPS) is 17.7. The highest BCUT2D eigenvalue weighted by Crippen LogP contribution is 2.16. The molecule has 130 valence electrons. The third kappa shape index (κ3) is 4.25. The van der Waals surface area contributed by atoms with Gasteiger partial charge in [-0.05, 0) is 36.4 Å². The van der Waals surface area contributed by atoms with Crippen LogP contribution in [-0.2, 0) is 14.8 Å². The molecule has 0 unspecified atom stereocenters. The molecule has 8 heteroatoms. The number of hydrogen-bond donors (Lipinski definition) is 2. The Morgan fingerprint density at radius 3 is 2.50 bits per heavy atom. The molecular weight excluding hydrogens is 396 g/mol. The van der Waals surface area contributed by atoms with Crippen molar-refractivity contribution in [3.63, 3.8) is 0 Å². The Morgan fingerprint density at radius 2 is 1.88 bits per heavy atom. The van der Waals surface area contributed by atoms with Crippen LogP contribution in [0.15, 0.2) is 56.4 Å². The molecule has 2 heterocycles. The Morgan fingerprint density at radius 1 is 1.17 bits per heavy atom. The quantitative estimate of drug-likeness (QED) is 0.737. The number of nitrogens with one attached hydrogen (secondary N) is 2. The summed E-state index contributed by atoms with van der Waals surface area (Å²) in [6, 6.07) is 10.2. The molecule has 1 aliphatic heterocycles. The van der Waals surface area contributed by atoms with Gasteiger partial charge in [0, 0.05) is 4.47 Å². The van der Waals surface area contributed by atoms with E-state index in [2.05, 4.69) is 20.7 Å². The average Bonchev–Trinajstić information content (AvgIpc) is 3.11. The lowest BCUT2D eigenvalue weighted by Gasteiger charge is -2.30. The number of benzene rings is 1. The maximum Gasteiger partial charge on any atom is 0.240 e. The molecule has 1 atom stereocenters. The van der Waals surface area contributed by atoms with Crippen molar-refractivity contribution in [1.29, 1.82) is 0 Å². The number of rotatable bonds is 6. The first-order valence-corrected chi connectivity index (χ1v) is 10.0. The highest BCUT2D eigenvalue weighted by atomic mass is 79.9. The second-order valence-corrected chi connectivity index (χ2v) is 8.33. The first-order chi connectivity index (χ1) is 11.6. The van der Waals surface area contributed by atoms with E-state index in [0.29, 0.717) is 13.2 Å².